The molecule has 1 saturated carbocycles. The molecule has 1 aromatic carbocycles. The molecule has 2 N–H and O–H groups in total. The highest BCUT2D eigenvalue weighted by atomic mass is 16.5. The summed E-state index contributed by atoms with van der Waals surface area (Å²) in [6.07, 6.45) is 5.41. The molecule has 1 fully saturated rings. The maximum atomic E-state index is 12.2. The van der Waals surface area contributed by atoms with E-state index in [-0.39, 0.29) is 24.3 Å². The van der Waals surface area contributed by atoms with Crippen LogP contribution >= 0.6 is 0 Å². The van der Waals surface area contributed by atoms with E-state index in [2.05, 4.69) is 15.5 Å². The van der Waals surface area contributed by atoms with Crippen LogP contribution in [0.25, 0.3) is 11.4 Å². The second-order valence-electron chi connectivity index (χ2n) is 7.00. The standard InChI is InChI=1S/C19H25N3O3/c1-14-7-3-4-8-15(14)18-21-17(25-22-18)11-16(24)20-12-19(13-23)9-5-2-6-10-19/h3-4,7-8,23H,2,5-6,9-13H2,1H3,(H,20,24). The fourth-order valence-corrected chi connectivity index (χ4v) is 3.44. The van der Waals surface area contributed by atoms with E-state index in [0.29, 0.717) is 18.3 Å². The van der Waals surface area contributed by atoms with Gasteiger partial charge in [0.15, 0.2) is 0 Å². The minimum Gasteiger partial charge on any atom is -0.396 e. The Morgan fingerprint density at radius 2 is 2.04 bits per heavy atom. The lowest BCUT2D eigenvalue weighted by Gasteiger charge is -2.35. The fraction of sp³-hybridized carbons (Fsp3) is 0.526. The van der Waals surface area contributed by atoms with Gasteiger partial charge in [0.05, 0.1) is 6.61 Å². The third kappa shape index (κ3) is 4.25. The number of nitrogens with one attached hydrogen (secondary N) is 1. The number of aryl methyl sites for hydroxylation is 1. The molecule has 0 spiro atoms. The van der Waals surface area contributed by atoms with Crippen molar-refractivity contribution in [2.24, 2.45) is 5.41 Å². The van der Waals surface area contributed by atoms with Gasteiger partial charge >= 0.3 is 0 Å². The first-order chi connectivity index (χ1) is 12.1. The van der Waals surface area contributed by atoms with E-state index in [9.17, 15) is 9.90 Å². The predicted molar refractivity (Wildman–Crippen MR) is 93.8 cm³/mol. The molecular weight excluding hydrogens is 318 g/mol. The summed E-state index contributed by atoms with van der Waals surface area (Å²) in [5.74, 6) is 0.649. The molecule has 0 aliphatic heterocycles. The number of rotatable bonds is 6. The first-order valence-corrected chi connectivity index (χ1v) is 8.88. The van der Waals surface area contributed by atoms with Crippen LogP contribution in [0.2, 0.25) is 0 Å². The number of hydrogen-bond acceptors (Lipinski definition) is 5. The average Bonchev–Trinajstić information content (AvgIpc) is 3.09. The van der Waals surface area contributed by atoms with Crippen LogP contribution in [0.1, 0.15) is 43.6 Å². The molecule has 1 heterocycles. The Morgan fingerprint density at radius 1 is 1.28 bits per heavy atom. The lowest BCUT2D eigenvalue weighted by atomic mass is 9.74. The van der Waals surface area contributed by atoms with Crippen molar-refractivity contribution < 1.29 is 14.4 Å². The molecule has 1 aliphatic rings. The van der Waals surface area contributed by atoms with Gasteiger partial charge in [0.25, 0.3) is 0 Å². The third-order valence-electron chi connectivity index (χ3n) is 5.08. The average molecular weight is 343 g/mol. The molecule has 0 radical (unpaired) electrons. The maximum Gasteiger partial charge on any atom is 0.236 e. The number of carbonyl (C=O) groups excluding carboxylic acids is 1. The summed E-state index contributed by atoms with van der Waals surface area (Å²) in [4.78, 5) is 16.5. The molecule has 6 nitrogen and oxygen atoms in total. The first kappa shape index (κ1) is 17.6. The summed E-state index contributed by atoms with van der Waals surface area (Å²) >= 11 is 0. The van der Waals surface area contributed by atoms with Gasteiger partial charge < -0.3 is 14.9 Å². The second-order valence-corrected chi connectivity index (χ2v) is 7.00. The number of nitrogens with zero attached hydrogens (tertiary/aromatic N) is 2. The van der Waals surface area contributed by atoms with Crippen molar-refractivity contribution >= 4 is 5.91 Å². The molecule has 0 unspecified atom stereocenters. The van der Waals surface area contributed by atoms with Gasteiger partial charge in [0.1, 0.15) is 6.42 Å². The largest absolute Gasteiger partial charge is 0.396 e. The van der Waals surface area contributed by atoms with Crippen LogP contribution in [0.3, 0.4) is 0 Å². The topological polar surface area (TPSA) is 88.2 Å². The fourth-order valence-electron chi connectivity index (χ4n) is 3.44. The molecule has 6 heteroatoms. The van der Waals surface area contributed by atoms with E-state index in [1.807, 2.05) is 31.2 Å². The van der Waals surface area contributed by atoms with Crippen molar-refractivity contribution in [2.75, 3.05) is 13.2 Å². The second kappa shape index (κ2) is 7.78. The number of aliphatic hydroxyl groups excluding tert-OH is 1. The number of aliphatic hydroxyl groups is 1. The van der Waals surface area contributed by atoms with E-state index < -0.39 is 0 Å². The van der Waals surface area contributed by atoms with Crippen LogP contribution in [0, 0.1) is 12.3 Å². The Hall–Kier alpha value is -2.21. The molecule has 25 heavy (non-hydrogen) atoms. The van der Waals surface area contributed by atoms with Crippen LogP contribution in [-0.4, -0.2) is 34.3 Å². The van der Waals surface area contributed by atoms with Gasteiger partial charge in [-0.3, -0.25) is 4.79 Å². The molecule has 1 amide bonds. The number of amides is 1. The summed E-state index contributed by atoms with van der Waals surface area (Å²) in [6, 6.07) is 7.79. The van der Waals surface area contributed by atoms with Crippen LogP contribution in [0.4, 0.5) is 0 Å². The van der Waals surface area contributed by atoms with Gasteiger partial charge in [-0.25, -0.2) is 0 Å². The molecule has 1 aliphatic carbocycles. The quantitative estimate of drug-likeness (QED) is 0.842. The van der Waals surface area contributed by atoms with Crippen molar-refractivity contribution in [3.63, 3.8) is 0 Å². The predicted octanol–water partition coefficient (Wildman–Crippen LogP) is 2.65. The Bertz CT molecular complexity index is 720. The van der Waals surface area contributed by atoms with Gasteiger partial charge in [0.2, 0.25) is 17.6 Å². The Balaban J connectivity index is 1.58. The summed E-state index contributed by atoms with van der Waals surface area (Å²) in [5.41, 5.74) is 1.79. The van der Waals surface area contributed by atoms with Crippen molar-refractivity contribution in [2.45, 2.75) is 45.4 Å². The highest BCUT2D eigenvalue weighted by Gasteiger charge is 2.31. The molecule has 0 atom stereocenters. The third-order valence-corrected chi connectivity index (χ3v) is 5.08. The van der Waals surface area contributed by atoms with E-state index in [4.69, 9.17) is 4.52 Å². The van der Waals surface area contributed by atoms with Gasteiger partial charge in [0, 0.05) is 17.5 Å². The lowest BCUT2D eigenvalue weighted by Crippen LogP contribution is -2.41. The van der Waals surface area contributed by atoms with Gasteiger partial charge in [-0.15, -0.1) is 0 Å². The molecule has 0 bridgehead atoms. The normalized spacial score (nSPS) is 16.6. The zero-order chi connectivity index (χ0) is 17.7. The Kier molecular flexibility index (Phi) is 5.48. The highest BCUT2D eigenvalue weighted by molar-refractivity contribution is 5.77. The highest BCUT2D eigenvalue weighted by Crippen LogP contribution is 2.35. The lowest BCUT2D eigenvalue weighted by molar-refractivity contribution is -0.121. The monoisotopic (exact) mass is 343 g/mol. The van der Waals surface area contributed by atoms with Gasteiger partial charge in [-0.1, -0.05) is 48.7 Å². The Morgan fingerprint density at radius 3 is 2.76 bits per heavy atom. The SMILES string of the molecule is Cc1ccccc1-c1noc(CC(=O)NCC2(CO)CCCCC2)n1. The summed E-state index contributed by atoms with van der Waals surface area (Å²) in [6.45, 7) is 2.60. The minimum absolute atomic E-state index is 0.0559. The van der Waals surface area contributed by atoms with Crippen molar-refractivity contribution in [3.8, 4) is 11.4 Å². The zero-order valence-corrected chi connectivity index (χ0v) is 14.6. The molecule has 3 rings (SSSR count). The molecule has 134 valence electrons. The van der Waals surface area contributed by atoms with Crippen LogP contribution in [0.15, 0.2) is 28.8 Å². The summed E-state index contributed by atoms with van der Waals surface area (Å²) in [5, 5.41) is 16.6. The molecular formula is C19H25N3O3. The van der Waals surface area contributed by atoms with E-state index >= 15 is 0 Å². The smallest absolute Gasteiger partial charge is 0.236 e. The minimum atomic E-state index is -0.172. The van der Waals surface area contributed by atoms with Crippen molar-refractivity contribution in [3.05, 3.63) is 35.7 Å². The van der Waals surface area contributed by atoms with Gasteiger partial charge in [-0.05, 0) is 25.3 Å². The number of benzene rings is 1. The number of hydrogen-bond donors (Lipinski definition) is 2. The first-order valence-electron chi connectivity index (χ1n) is 8.88. The van der Waals surface area contributed by atoms with Crippen LogP contribution in [0.5, 0.6) is 0 Å². The van der Waals surface area contributed by atoms with E-state index in [1.165, 1.54) is 6.42 Å². The summed E-state index contributed by atoms with van der Waals surface area (Å²) < 4.78 is 5.22. The molecule has 0 saturated heterocycles. The molecule has 1 aromatic heterocycles. The van der Waals surface area contributed by atoms with Crippen molar-refractivity contribution in [1.82, 2.24) is 15.5 Å². The molecule has 2 aromatic rings. The van der Waals surface area contributed by atoms with E-state index in [0.717, 1.165) is 36.8 Å². The number of aromatic nitrogens is 2. The zero-order valence-electron chi connectivity index (χ0n) is 14.6. The number of carbonyl (C=O) groups is 1. The van der Waals surface area contributed by atoms with Gasteiger partial charge in [-0.2, -0.15) is 4.98 Å². The van der Waals surface area contributed by atoms with Crippen LogP contribution < -0.4 is 5.32 Å². The van der Waals surface area contributed by atoms with Crippen molar-refractivity contribution in [1.29, 1.82) is 0 Å². The summed E-state index contributed by atoms with van der Waals surface area (Å²) in [7, 11) is 0. The van der Waals surface area contributed by atoms with E-state index in [1.54, 1.807) is 0 Å². The maximum absolute atomic E-state index is 12.2. The van der Waals surface area contributed by atoms with Crippen LogP contribution in [-0.2, 0) is 11.2 Å². The Labute approximate surface area is 147 Å².